The molecule has 3 nitrogen and oxygen atoms in total. The summed E-state index contributed by atoms with van der Waals surface area (Å²) in [6.45, 7) is 5.40. The van der Waals surface area contributed by atoms with Gasteiger partial charge in [-0.3, -0.25) is 0 Å². The Morgan fingerprint density at radius 3 is 2.56 bits per heavy atom. The highest BCUT2D eigenvalue weighted by Gasteiger charge is 2.19. The van der Waals surface area contributed by atoms with Crippen LogP contribution in [0.15, 0.2) is 21.0 Å². The van der Waals surface area contributed by atoms with Gasteiger partial charge in [-0.05, 0) is 32.9 Å². The molecule has 0 aliphatic rings. The summed E-state index contributed by atoms with van der Waals surface area (Å²) in [6, 6.07) is 2.94. The molecule has 0 aromatic heterocycles. The first-order valence-electron chi connectivity index (χ1n) is 5.25. The molecule has 0 radical (unpaired) electrons. The van der Waals surface area contributed by atoms with E-state index in [4.69, 9.17) is 4.74 Å². The van der Waals surface area contributed by atoms with Crippen molar-refractivity contribution in [2.45, 2.75) is 25.5 Å². The Hall–Kier alpha value is -0.750. The predicted molar refractivity (Wildman–Crippen MR) is 76.1 cm³/mol. The maximum absolute atomic E-state index is 13.7. The zero-order chi connectivity index (χ0) is 13.9. The second-order valence-electron chi connectivity index (χ2n) is 4.60. The highest BCUT2D eigenvalue weighted by molar-refractivity contribution is 9.10. The van der Waals surface area contributed by atoms with Crippen molar-refractivity contribution < 1.29 is 13.3 Å². The lowest BCUT2D eigenvalue weighted by Gasteiger charge is -2.13. The van der Waals surface area contributed by atoms with Crippen LogP contribution in [0.3, 0.4) is 0 Å². The molecule has 1 unspecified atom stereocenters. The van der Waals surface area contributed by atoms with E-state index in [2.05, 4.69) is 20.3 Å². The average Bonchev–Trinajstić information content (AvgIpc) is 2.25. The third-order valence-corrected chi connectivity index (χ3v) is 3.88. The molecule has 0 bridgehead atoms. The minimum absolute atomic E-state index is 0.193. The topological polar surface area (TPSA) is 38.7 Å². The molecule has 1 atom stereocenters. The zero-order valence-electron chi connectivity index (χ0n) is 10.7. The molecular weight excluding hydrogens is 321 g/mol. The Morgan fingerprint density at radius 1 is 1.44 bits per heavy atom. The Kier molecular flexibility index (Phi) is 5.04. The quantitative estimate of drug-likeness (QED) is 0.793. The summed E-state index contributed by atoms with van der Waals surface area (Å²) in [7, 11) is 0.0175. The van der Waals surface area contributed by atoms with Gasteiger partial charge < -0.3 is 4.74 Å². The molecule has 0 N–H and O–H groups in total. The molecule has 0 fully saturated rings. The molecule has 6 heteroatoms. The fourth-order valence-corrected chi connectivity index (χ4v) is 2.04. The van der Waals surface area contributed by atoms with Crippen molar-refractivity contribution in [2.75, 3.05) is 7.11 Å². The van der Waals surface area contributed by atoms with E-state index >= 15 is 0 Å². The number of methoxy groups -OCH3 is 1. The predicted octanol–water partition coefficient (Wildman–Crippen LogP) is 3.48. The first-order chi connectivity index (χ1) is 8.25. The van der Waals surface area contributed by atoms with Crippen LogP contribution in [0.25, 0.3) is 0 Å². The monoisotopic (exact) mass is 335 g/mol. The van der Waals surface area contributed by atoms with Gasteiger partial charge in [-0.25, -0.2) is 8.60 Å². The van der Waals surface area contributed by atoms with E-state index in [1.165, 1.54) is 19.4 Å². The third kappa shape index (κ3) is 3.88. The molecule has 1 rings (SSSR count). The first-order valence-corrected chi connectivity index (χ1v) is 7.15. The van der Waals surface area contributed by atoms with Crippen LogP contribution >= 0.6 is 15.9 Å². The molecule has 0 aliphatic heterocycles. The third-order valence-electron chi connectivity index (χ3n) is 2.08. The number of hydrogen-bond acceptors (Lipinski definition) is 2. The molecule has 1 aromatic carbocycles. The van der Waals surface area contributed by atoms with Crippen molar-refractivity contribution in [1.29, 1.82) is 0 Å². The molecule has 0 saturated heterocycles. The highest BCUT2D eigenvalue weighted by Crippen LogP contribution is 2.25. The van der Waals surface area contributed by atoms with E-state index in [9.17, 15) is 8.60 Å². The Balaban J connectivity index is 3.12. The first kappa shape index (κ1) is 15.3. The lowest BCUT2D eigenvalue weighted by atomic mass is 10.2. The van der Waals surface area contributed by atoms with Gasteiger partial charge in [-0.15, -0.1) is 0 Å². The molecule has 100 valence electrons. The minimum atomic E-state index is -1.43. The van der Waals surface area contributed by atoms with Crippen LogP contribution in [-0.4, -0.2) is 22.3 Å². The molecule has 1 aromatic rings. The molecular formula is C12H15BrFNO2S. The van der Waals surface area contributed by atoms with E-state index in [0.29, 0.717) is 10.2 Å². The normalized spacial score (nSPS) is 13.9. The van der Waals surface area contributed by atoms with Crippen LogP contribution in [-0.2, 0) is 11.0 Å². The van der Waals surface area contributed by atoms with Crippen LogP contribution in [0, 0.1) is 5.82 Å². The highest BCUT2D eigenvalue weighted by atomic mass is 79.9. The van der Waals surface area contributed by atoms with Crippen LogP contribution in [0.2, 0.25) is 0 Å². The average molecular weight is 336 g/mol. The SMILES string of the molecule is COc1cc(Br)cc(F)c1C=NS(=O)C(C)(C)C. The Morgan fingerprint density at radius 2 is 2.06 bits per heavy atom. The molecule has 0 amide bonds. The van der Waals surface area contributed by atoms with Gasteiger partial charge in [-0.1, -0.05) is 15.9 Å². The summed E-state index contributed by atoms with van der Waals surface area (Å²) in [4.78, 5) is 0. The molecule has 18 heavy (non-hydrogen) atoms. The molecule has 0 aliphatic carbocycles. The van der Waals surface area contributed by atoms with Crippen LogP contribution < -0.4 is 4.74 Å². The maximum Gasteiger partial charge on any atom is 0.144 e. The Bertz CT molecular complexity index is 498. The van der Waals surface area contributed by atoms with Gasteiger partial charge in [0.1, 0.15) is 22.6 Å². The fraction of sp³-hybridized carbons (Fsp3) is 0.417. The van der Waals surface area contributed by atoms with Crippen molar-refractivity contribution >= 4 is 33.1 Å². The minimum Gasteiger partial charge on any atom is -0.496 e. The summed E-state index contributed by atoms with van der Waals surface area (Å²) in [5.41, 5.74) is 0.193. The van der Waals surface area contributed by atoms with Gasteiger partial charge in [0.05, 0.1) is 23.6 Å². The lowest BCUT2D eigenvalue weighted by molar-refractivity contribution is 0.410. The van der Waals surface area contributed by atoms with Crippen LogP contribution in [0.5, 0.6) is 5.75 Å². The number of ether oxygens (including phenoxy) is 1. The van der Waals surface area contributed by atoms with E-state index in [1.807, 2.05) is 0 Å². The summed E-state index contributed by atoms with van der Waals surface area (Å²) in [6.07, 6.45) is 1.25. The van der Waals surface area contributed by atoms with Gasteiger partial charge in [0.2, 0.25) is 0 Å². The number of nitrogens with zero attached hydrogens (tertiary/aromatic N) is 1. The second kappa shape index (κ2) is 5.93. The zero-order valence-corrected chi connectivity index (χ0v) is 13.1. The molecule has 0 heterocycles. The van der Waals surface area contributed by atoms with E-state index < -0.39 is 21.5 Å². The van der Waals surface area contributed by atoms with Gasteiger partial charge in [0.25, 0.3) is 0 Å². The van der Waals surface area contributed by atoms with Gasteiger partial charge in [0, 0.05) is 4.47 Å². The largest absolute Gasteiger partial charge is 0.496 e. The summed E-state index contributed by atoms with van der Waals surface area (Å²) in [5, 5.41) is 0. The Labute approximate surface area is 117 Å². The van der Waals surface area contributed by atoms with Gasteiger partial charge >= 0.3 is 0 Å². The molecule has 0 spiro atoms. The number of rotatable bonds is 3. The van der Waals surface area contributed by atoms with E-state index in [1.54, 1.807) is 26.8 Å². The van der Waals surface area contributed by atoms with E-state index in [-0.39, 0.29) is 5.56 Å². The van der Waals surface area contributed by atoms with Crippen LogP contribution in [0.4, 0.5) is 4.39 Å². The van der Waals surface area contributed by atoms with Crippen molar-refractivity contribution in [3.63, 3.8) is 0 Å². The lowest BCUT2D eigenvalue weighted by Crippen LogP contribution is -2.19. The number of halogens is 2. The fourth-order valence-electron chi connectivity index (χ4n) is 1.11. The van der Waals surface area contributed by atoms with Gasteiger partial charge in [-0.2, -0.15) is 4.40 Å². The standard InChI is InChI=1S/C12H15BrFNO2S/c1-12(2,3)18(16)15-7-9-10(14)5-8(13)6-11(9)17-4/h5-7H,1-4H3. The summed E-state index contributed by atoms with van der Waals surface area (Å²) < 4.78 is 34.5. The smallest absolute Gasteiger partial charge is 0.144 e. The van der Waals surface area contributed by atoms with Crippen molar-refractivity contribution in [3.05, 3.63) is 28.0 Å². The number of hydrogen-bond donors (Lipinski definition) is 0. The van der Waals surface area contributed by atoms with Crippen molar-refractivity contribution in [3.8, 4) is 5.75 Å². The summed E-state index contributed by atoms with van der Waals surface area (Å²) in [5.74, 6) is -0.132. The van der Waals surface area contributed by atoms with Gasteiger partial charge in [0.15, 0.2) is 0 Å². The van der Waals surface area contributed by atoms with E-state index in [0.717, 1.165) is 0 Å². The maximum atomic E-state index is 13.7. The summed E-state index contributed by atoms with van der Waals surface area (Å²) >= 11 is 3.18. The van der Waals surface area contributed by atoms with Crippen LogP contribution in [0.1, 0.15) is 26.3 Å². The van der Waals surface area contributed by atoms with Crippen molar-refractivity contribution in [2.24, 2.45) is 4.40 Å². The van der Waals surface area contributed by atoms with Crippen molar-refractivity contribution in [1.82, 2.24) is 0 Å². The second-order valence-corrected chi connectivity index (χ2v) is 7.45. The number of benzene rings is 1. The molecule has 0 saturated carbocycles.